The Morgan fingerprint density at radius 2 is 1.35 bits per heavy atom. The van der Waals surface area contributed by atoms with Crippen LogP contribution in [0.25, 0.3) is 22.3 Å². The monoisotopic (exact) mass is 610 g/mol. The Morgan fingerprint density at radius 1 is 0.721 bits per heavy atom. The average Bonchev–Trinajstić information content (AvgIpc) is 2.97. The van der Waals surface area contributed by atoms with Gasteiger partial charge in [0.05, 0.1) is 18.8 Å². The van der Waals surface area contributed by atoms with Crippen molar-refractivity contribution in [2.24, 2.45) is 0 Å². The quantitative estimate of drug-likeness (QED) is 0.135. The predicted octanol–water partition coefficient (Wildman–Crippen LogP) is -2.73. The normalized spacial score (nSPS) is 33.0. The van der Waals surface area contributed by atoms with E-state index in [1.165, 1.54) is 12.1 Å². The second-order valence-corrected chi connectivity index (χ2v) is 10.3. The number of fused-ring (bicyclic) bond motifs is 1. The van der Waals surface area contributed by atoms with Crippen LogP contribution in [-0.2, 0) is 9.47 Å². The van der Waals surface area contributed by atoms with Gasteiger partial charge in [-0.2, -0.15) is 0 Å². The molecule has 0 unspecified atom stereocenters. The lowest BCUT2D eigenvalue weighted by Gasteiger charge is -2.40. The van der Waals surface area contributed by atoms with Crippen molar-refractivity contribution in [2.45, 2.75) is 61.2 Å². The predicted molar refractivity (Wildman–Crippen MR) is 140 cm³/mol. The Labute approximate surface area is 241 Å². The number of aliphatic hydroxyl groups excluding tert-OH is 8. The molecule has 1 aromatic heterocycles. The maximum Gasteiger partial charge on any atom is 0.229 e. The molecular formula is C27H30O16. The van der Waals surface area contributed by atoms with Crippen LogP contribution in [0, 0.1) is 0 Å². The molecule has 234 valence electrons. The van der Waals surface area contributed by atoms with Crippen LogP contribution >= 0.6 is 0 Å². The van der Waals surface area contributed by atoms with E-state index in [2.05, 4.69) is 0 Å². The minimum atomic E-state index is -1.86. The number of aromatic hydroxyl groups is 3. The summed E-state index contributed by atoms with van der Waals surface area (Å²) in [5, 5.41) is 111. The van der Waals surface area contributed by atoms with Crippen molar-refractivity contribution in [2.75, 3.05) is 13.2 Å². The van der Waals surface area contributed by atoms with Crippen LogP contribution < -0.4 is 10.2 Å². The van der Waals surface area contributed by atoms with Crippen LogP contribution in [0.5, 0.6) is 23.0 Å². The number of ether oxygens (including phenoxy) is 3. The van der Waals surface area contributed by atoms with Crippen molar-refractivity contribution in [3.05, 3.63) is 46.1 Å². The molecule has 0 aliphatic carbocycles. The van der Waals surface area contributed by atoms with Crippen LogP contribution in [0.15, 0.2) is 39.5 Å². The Hall–Kier alpha value is -3.55. The average molecular weight is 611 g/mol. The Morgan fingerprint density at radius 3 is 2.00 bits per heavy atom. The van der Waals surface area contributed by atoms with E-state index in [1.807, 2.05) is 0 Å². The molecule has 0 amide bonds. The summed E-state index contributed by atoms with van der Waals surface area (Å²) >= 11 is 0. The van der Waals surface area contributed by atoms with E-state index in [-0.39, 0.29) is 22.7 Å². The fraction of sp³-hybridized carbons (Fsp3) is 0.444. The Balaban J connectivity index is 1.50. The third-order valence-electron chi connectivity index (χ3n) is 7.52. The van der Waals surface area contributed by atoms with E-state index in [0.717, 1.165) is 18.2 Å². The molecule has 5 rings (SSSR count). The smallest absolute Gasteiger partial charge is 0.229 e. The SMILES string of the molecule is O=c1cc(-c2ccc(O)c(O[C@@H]3O[C@H](CO)[C@@H](O)[C@H](O)[C@H]3O)c2)oc2cc(O)c([C@@H]3O[C@H](CO)[C@@H](O)[C@H](O)[C@H]3O)c(O)c12. The van der Waals surface area contributed by atoms with Crippen molar-refractivity contribution in [1.29, 1.82) is 0 Å². The molecule has 2 fully saturated rings. The highest BCUT2D eigenvalue weighted by molar-refractivity contribution is 5.88. The minimum absolute atomic E-state index is 0.119. The Kier molecular flexibility index (Phi) is 8.52. The standard InChI is InChI=1S/C27H30O16/c28-6-15-19(33)22(36)24(38)26(41-15)18-11(32)5-14-17(21(18)35)10(31)4-12(40-14)8-1-2-9(30)13(3-8)42-27-25(39)23(37)20(34)16(7-29)43-27/h1-5,15-16,19-20,22-30,32-39H,6-7H2/t15-,16-,19-,20-,22+,23+,24-,25-,26+,27-/m1/s1. The third-order valence-corrected chi connectivity index (χ3v) is 7.52. The highest BCUT2D eigenvalue weighted by atomic mass is 16.7. The number of hydrogen-bond acceptors (Lipinski definition) is 16. The van der Waals surface area contributed by atoms with Crippen molar-refractivity contribution in [3.63, 3.8) is 0 Å². The number of phenols is 3. The highest BCUT2D eigenvalue weighted by Crippen LogP contribution is 2.45. The van der Waals surface area contributed by atoms with E-state index in [0.29, 0.717) is 0 Å². The Bertz CT molecular complexity index is 1540. The zero-order valence-electron chi connectivity index (χ0n) is 22.0. The van der Waals surface area contributed by atoms with E-state index in [1.54, 1.807) is 0 Å². The number of rotatable bonds is 6. The van der Waals surface area contributed by atoms with Gasteiger partial charge in [-0.25, -0.2) is 0 Å². The molecule has 0 saturated carbocycles. The van der Waals surface area contributed by atoms with Gasteiger partial charge in [-0.05, 0) is 18.2 Å². The summed E-state index contributed by atoms with van der Waals surface area (Å²) in [6.07, 6.45) is -16.5. The number of hydrogen-bond donors (Lipinski definition) is 11. The number of aliphatic hydroxyl groups is 8. The second kappa shape index (κ2) is 11.9. The molecule has 10 atom stereocenters. The summed E-state index contributed by atoms with van der Waals surface area (Å²) in [6.45, 7) is -1.48. The first-order valence-corrected chi connectivity index (χ1v) is 13.0. The van der Waals surface area contributed by atoms with Gasteiger partial charge in [-0.3, -0.25) is 4.79 Å². The van der Waals surface area contributed by atoms with Crippen molar-refractivity contribution < 1.29 is 74.8 Å². The number of phenolic OH excluding ortho intramolecular Hbond substituents is 3. The zero-order valence-corrected chi connectivity index (χ0v) is 22.0. The van der Waals surface area contributed by atoms with Crippen LogP contribution in [0.3, 0.4) is 0 Å². The van der Waals surface area contributed by atoms with Gasteiger partial charge < -0.3 is 74.8 Å². The van der Waals surface area contributed by atoms with E-state index in [4.69, 9.17) is 18.6 Å². The molecule has 43 heavy (non-hydrogen) atoms. The number of benzene rings is 2. The fourth-order valence-electron chi connectivity index (χ4n) is 5.12. The van der Waals surface area contributed by atoms with Crippen LogP contribution in [0.1, 0.15) is 11.7 Å². The first-order chi connectivity index (χ1) is 20.4. The zero-order chi connectivity index (χ0) is 31.3. The van der Waals surface area contributed by atoms with E-state index >= 15 is 0 Å². The van der Waals surface area contributed by atoms with E-state index < -0.39 is 108 Å². The lowest BCUT2D eigenvalue weighted by molar-refractivity contribution is -0.277. The van der Waals surface area contributed by atoms with Gasteiger partial charge in [-0.15, -0.1) is 0 Å². The largest absolute Gasteiger partial charge is 0.507 e. The van der Waals surface area contributed by atoms with Crippen molar-refractivity contribution in [3.8, 4) is 34.3 Å². The molecule has 3 aromatic rings. The van der Waals surface area contributed by atoms with Crippen LogP contribution in [0.4, 0.5) is 0 Å². The molecule has 0 radical (unpaired) electrons. The topological polar surface area (TPSA) is 280 Å². The molecule has 0 spiro atoms. The van der Waals surface area contributed by atoms with Crippen LogP contribution in [0.2, 0.25) is 0 Å². The van der Waals surface area contributed by atoms with Crippen LogP contribution in [-0.4, -0.2) is 125 Å². The van der Waals surface area contributed by atoms with Crippen molar-refractivity contribution in [1.82, 2.24) is 0 Å². The molecule has 2 saturated heterocycles. The summed E-state index contributed by atoms with van der Waals surface area (Å²) in [5.41, 5.74) is -1.53. The van der Waals surface area contributed by atoms with Gasteiger partial charge >= 0.3 is 0 Å². The molecule has 2 aliphatic heterocycles. The molecule has 11 N–H and O–H groups in total. The molecule has 16 heteroatoms. The third kappa shape index (κ3) is 5.38. The molecule has 3 heterocycles. The fourth-order valence-corrected chi connectivity index (χ4v) is 5.12. The summed E-state index contributed by atoms with van der Waals surface area (Å²) in [4.78, 5) is 13.2. The second-order valence-electron chi connectivity index (χ2n) is 10.3. The van der Waals surface area contributed by atoms with Gasteiger partial charge in [-0.1, -0.05) is 0 Å². The van der Waals surface area contributed by atoms with Gasteiger partial charge in [0.2, 0.25) is 6.29 Å². The summed E-state index contributed by atoms with van der Waals surface area (Å²) in [6, 6.07) is 5.56. The summed E-state index contributed by atoms with van der Waals surface area (Å²) in [7, 11) is 0. The van der Waals surface area contributed by atoms with E-state index in [9.17, 15) is 61.0 Å². The molecule has 2 aromatic carbocycles. The summed E-state index contributed by atoms with van der Waals surface area (Å²) in [5.74, 6) is -2.48. The lowest BCUT2D eigenvalue weighted by atomic mass is 9.89. The summed E-state index contributed by atoms with van der Waals surface area (Å²) < 4.78 is 21.9. The maximum absolute atomic E-state index is 13.2. The van der Waals surface area contributed by atoms with Crippen molar-refractivity contribution >= 4 is 11.0 Å². The molecular weight excluding hydrogens is 580 g/mol. The molecule has 2 aliphatic rings. The van der Waals surface area contributed by atoms with Gasteiger partial charge in [0.1, 0.15) is 83.2 Å². The molecule has 16 nitrogen and oxygen atoms in total. The van der Waals surface area contributed by atoms with Gasteiger partial charge in [0.25, 0.3) is 0 Å². The first-order valence-electron chi connectivity index (χ1n) is 13.0. The minimum Gasteiger partial charge on any atom is -0.507 e. The van der Waals surface area contributed by atoms with Gasteiger partial charge in [0, 0.05) is 17.7 Å². The maximum atomic E-state index is 13.2. The lowest BCUT2D eigenvalue weighted by Crippen LogP contribution is -2.60. The van der Waals surface area contributed by atoms with Gasteiger partial charge in [0.15, 0.2) is 16.9 Å². The molecule has 0 bridgehead atoms. The first kappa shape index (κ1) is 30.9. The highest BCUT2D eigenvalue weighted by Gasteiger charge is 2.47.